The molecule has 2 amide bonds. The highest BCUT2D eigenvalue weighted by Crippen LogP contribution is 2.68. The Balaban J connectivity index is 1.56. The summed E-state index contributed by atoms with van der Waals surface area (Å²) in [5.74, 6) is -0.101. The van der Waals surface area contributed by atoms with Gasteiger partial charge in [-0.05, 0) is 45.9 Å². The first-order valence-corrected chi connectivity index (χ1v) is 13.0. The van der Waals surface area contributed by atoms with Crippen LogP contribution in [0.5, 0.6) is 0 Å². The fourth-order valence-electron chi connectivity index (χ4n) is 7.99. The van der Waals surface area contributed by atoms with Crippen molar-refractivity contribution >= 4 is 11.8 Å². The number of hydrogen-bond donors (Lipinski definition) is 0. The molecule has 2 spiro atoms. The van der Waals surface area contributed by atoms with Crippen molar-refractivity contribution in [3.8, 4) is 0 Å². The second-order valence-electron chi connectivity index (χ2n) is 10.7. The Morgan fingerprint density at radius 2 is 1.19 bits per heavy atom. The predicted octanol–water partition coefficient (Wildman–Crippen LogP) is 6.15. The average Bonchev–Trinajstić information content (AvgIpc) is 3.11. The molecule has 3 heteroatoms. The van der Waals surface area contributed by atoms with E-state index in [0.29, 0.717) is 0 Å². The molecule has 1 saturated heterocycles. The molecule has 0 radical (unpaired) electrons. The third-order valence-electron chi connectivity index (χ3n) is 9.41. The number of benzene rings is 4. The van der Waals surface area contributed by atoms with Gasteiger partial charge < -0.3 is 0 Å². The first kappa shape index (κ1) is 20.9. The summed E-state index contributed by atoms with van der Waals surface area (Å²) in [5.41, 5.74) is 5.01. The molecule has 1 heterocycles. The number of carbonyl (C=O) groups is 2. The maximum Gasteiger partial charge on any atom is 0.246 e. The van der Waals surface area contributed by atoms with E-state index in [1.165, 1.54) is 0 Å². The molecule has 37 heavy (non-hydrogen) atoms. The van der Waals surface area contributed by atoms with Crippen LogP contribution < -0.4 is 0 Å². The van der Waals surface area contributed by atoms with Gasteiger partial charge >= 0.3 is 0 Å². The number of nitrogens with zero attached hydrogens (tertiary/aromatic N) is 1. The molecule has 1 fully saturated rings. The van der Waals surface area contributed by atoms with Crippen molar-refractivity contribution in [1.82, 2.24) is 4.90 Å². The van der Waals surface area contributed by atoms with Crippen molar-refractivity contribution in [1.29, 1.82) is 0 Å². The van der Waals surface area contributed by atoms with Gasteiger partial charge in [-0.25, -0.2) is 0 Å². The molecule has 0 aromatic heterocycles. The molecule has 4 aliphatic carbocycles. The normalized spacial score (nSPS) is 28.7. The zero-order chi connectivity index (χ0) is 24.9. The molecule has 178 valence electrons. The topological polar surface area (TPSA) is 37.4 Å². The fourth-order valence-corrected chi connectivity index (χ4v) is 7.99. The van der Waals surface area contributed by atoms with E-state index in [1.54, 1.807) is 4.90 Å². The zero-order valence-corrected chi connectivity index (χ0v) is 20.5. The maximum atomic E-state index is 15.2. The lowest BCUT2D eigenvalue weighted by atomic mass is 9.45. The van der Waals surface area contributed by atoms with Crippen molar-refractivity contribution in [3.05, 3.63) is 154 Å². The molecule has 3 nitrogen and oxygen atoms in total. The third kappa shape index (κ3) is 2.17. The van der Waals surface area contributed by atoms with Crippen LogP contribution in [0.4, 0.5) is 0 Å². The number of hydrogen-bond acceptors (Lipinski definition) is 2. The molecule has 4 aromatic carbocycles. The Morgan fingerprint density at radius 3 is 1.84 bits per heavy atom. The first-order valence-electron chi connectivity index (χ1n) is 13.0. The largest absolute Gasteiger partial charge is 0.273 e. The SMILES string of the molecule is C[C@@H](c1ccccc1)N1C(=O)C23c4ccccc4C(c4ccccc42)[C@@H]2C=C[C@@]3(C1=O)c1ccccc12. The van der Waals surface area contributed by atoms with Gasteiger partial charge in [0, 0.05) is 11.8 Å². The molecule has 3 atom stereocenters. The van der Waals surface area contributed by atoms with Crippen LogP contribution in [0.2, 0.25) is 0 Å². The molecule has 0 saturated carbocycles. The number of amides is 2. The van der Waals surface area contributed by atoms with E-state index < -0.39 is 16.9 Å². The van der Waals surface area contributed by atoms with Gasteiger partial charge in [-0.3, -0.25) is 14.5 Å². The van der Waals surface area contributed by atoms with Crippen LogP contribution >= 0.6 is 0 Å². The van der Waals surface area contributed by atoms with E-state index in [1.807, 2.05) is 55.5 Å². The number of allylic oxidation sites excluding steroid dienone is 1. The number of likely N-dealkylation sites (tertiary alicyclic amines) is 1. The summed E-state index contributed by atoms with van der Waals surface area (Å²) in [6.45, 7) is 1.97. The van der Waals surface area contributed by atoms with E-state index in [4.69, 9.17) is 0 Å². The fraction of sp³-hybridized carbons (Fsp3) is 0.176. The minimum absolute atomic E-state index is 0.0808. The quantitative estimate of drug-likeness (QED) is 0.255. The second kappa shape index (κ2) is 6.95. The van der Waals surface area contributed by atoms with E-state index in [0.717, 1.165) is 38.9 Å². The second-order valence-corrected chi connectivity index (χ2v) is 10.7. The van der Waals surface area contributed by atoms with Crippen molar-refractivity contribution in [3.63, 3.8) is 0 Å². The van der Waals surface area contributed by atoms with Crippen LogP contribution in [0.1, 0.15) is 63.7 Å². The zero-order valence-electron chi connectivity index (χ0n) is 20.5. The molecule has 0 unspecified atom stereocenters. The van der Waals surface area contributed by atoms with Gasteiger partial charge in [0.25, 0.3) is 0 Å². The molecular weight excluding hydrogens is 454 g/mol. The Hall–Kier alpha value is -4.24. The van der Waals surface area contributed by atoms with E-state index in [9.17, 15) is 0 Å². The standard InChI is InChI=1S/C34H25NO2/c1-21(22-11-3-2-4-12-22)35-31(36)33-20-19-24(23-13-5-8-16-27(23)33)30-25-14-6-9-17-28(25)34(33,32(35)37)29-18-10-7-15-26(29)30/h2-21,24,30H,1H3/t21-,24+,30?,33-,34?/m0/s1. The first-order chi connectivity index (χ1) is 18.1. The molecule has 1 aliphatic heterocycles. The predicted molar refractivity (Wildman–Crippen MR) is 142 cm³/mol. The van der Waals surface area contributed by atoms with Crippen LogP contribution in [-0.4, -0.2) is 16.7 Å². The van der Waals surface area contributed by atoms with Gasteiger partial charge in [-0.2, -0.15) is 0 Å². The lowest BCUT2D eigenvalue weighted by Crippen LogP contribution is -2.57. The Labute approximate surface area is 216 Å². The molecule has 5 aliphatic rings. The van der Waals surface area contributed by atoms with Crippen molar-refractivity contribution in [2.75, 3.05) is 0 Å². The summed E-state index contributed by atoms with van der Waals surface area (Å²) < 4.78 is 0. The van der Waals surface area contributed by atoms with Crippen LogP contribution in [0.3, 0.4) is 0 Å². The van der Waals surface area contributed by atoms with E-state index in [-0.39, 0.29) is 23.7 Å². The highest BCUT2D eigenvalue weighted by Gasteiger charge is 2.75. The highest BCUT2D eigenvalue weighted by atomic mass is 16.2. The molecular formula is C34H25NO2. The molecule has 4 aromatic rings. The summed E-state index contributed by atoms with van der Waals surface area (Å²) in [6, 6.07) is 34.5. The van der Waals surface area contributed by atoms with Gasteiger partial charge in [0.15, 0.2) is 0 Å². The van der Waals surface area contributed by atoms with E-state index >= 15 is 9.59 Å². The Bertz CT molecular complexity index is 1620. The monoisotopic (exact) mass is 479 g/mol. The summed E-state index contributed by atoms with van der Waals surface area (Å²) >= 11 is 0. The maximum absolute atomic E-state index is 15.2. The minimum atomic E-state index is -1.17. The molecule has 4 bridgehead atoms. The summed E-state index contributed by atoms with van der Waals surface area (Å²) in [7, 11) is 0. The number of imide groups is 1. The van der Waals surface area contributed by atoms with Gasteiger partial charge in [-0.15, -0.1) is 0 Å². The third-order valence-corrected chi connectivity index (χ3v) is 9.41. The van der Waals surface area contributed by atoms with Crippen molar-refractivity contribution < 1.29 is 9.59 Å². The highest BCUT2D eigenvalue weighted by molar-refractivity contribution is 6.20. The number of carbonyl (C=O) groups excluding carboxylic acids is 2. The van der Waals surface area contributed by atoms with Crippen molar-refractivity contribution in [2.24, 2.45) is 0 Å². The van der Waals surface area contributed by atoms with Crippen LogP contribution in [0.25, 0.3) is 0 Å². The van der Waals surface area contributed by atoms with Gasteiger partial charge in [0.2, 0.25) is 11.8 Å². The smallest absolute Gasteiger partial charge is 0.246 e. The summed E-state index contributed by atoms with van der Waals surface area (Å²) in [4.78, 5) is 31.8. The summed E-state index contributed by atoms with van der Waals surface area (Å²) in [5, 5.41) is 0. The summed E-state index contributed by atoms with van der Waals surface area (Å²) in [6.07, 6.45) is 4.31. The number of rotatable bonds is 2. The van der Waals surface area contributed by atoms with Crippen LogP contribution in [0.15, 0.2) is 115 Å². The van der Waals surface area contributed by atoms with Crippen molar-refractivity contribution in [2.45, 2.75) is 35.6 Å². The van der Waals surface area contributed by atoms with Gasteiger partial charge in [0.1, 0.15) is 10.8 Å². The Kier molecular flexibility index (Phi) is 3.93. The van der Waals surface area contributed by atoms with Gasteiger partial charge in [-0.1, -0.05) is 115 Å². The van der Waals surface area contributed by atoms with Crippen LogP contribution in [0, 0.1) is 0 Å². The van der Waals surface area contributed by atoms with E-state index in [2.05, 4.69) is 66.7 Å². The molecule has 9 rings (SSSR count). The molecule has 0 N–H and O–H groups in total. The van der Waals surface area contributed by atoms with Crippen LogP contribution in [-0.2, 0) is 20.4 Å². The average molecular weight is 480 g/mol. The lowest BCUT2D eigenvalue weighted by molar-refractivity contribution is -0.142. The Morgan fingerprint density at radius 1 is 0.649 bits per heavy atom. The lowest BCUT2D eigenvalue weighted by Gasteiger charge is -2.53. The van der Waals surface area contributed by atoms with Gasteiger partial charge in [0.05, 0.1) is 6.04 Å². The minimum Gasteiger partial charge on any atom is -0.273 e.